The van der Waals surface area contributed by atoms with Gasteiger partial charge in [0, 0.05) is 26.4 Å². The van der Waals surface area contributed by atoms with Gasteiger partial charge in [0.05, 0.1) is 10.6 Å². The summed E-state index contributed by atoms with van der Waals surface area (Å²) in [6, 6.07) is 5.88. The van der Waals surface area contributed by atoms with Crippen LogP contribution in [0.5, 0.6) is 0 Å². The van der Waals surface area contributed by atoms with Crippen LogP contribution in [0, 0.1) is 0 Å². The van der Waals surface area contributed by atoms with Crippen molar-refractivity contribution in [1.29, 1.82) is 0 Å². The summed E-state index contributed by atoms with van der Waals surface area (Å²) in [4.78, 5) is 24.6. The summed E-state index contributed by atoms with van der Waals surface area (Å²) in [5, 5.41) is 0. The fourth-order valence-corrected chi connectivity index (χ4v) is 3.52. The standard InChI is InChI=1S/C15H20N2O4S/c1-3-4-11-16(2)22(20,21)13-7-5-12(6-8-13)17-14(18)9-10-15(17)19/h5-8H,3-4,9-11H2,1-2H3. The summed E-state index contributed by atoms with van der Waals surface area (Å²) in [5.74, 6) is -0.499. The highest BCUT2D eigenvalue weighted by molar-refractivity contribution is 7.89. The molecule has 1 aromatic carbocycles. The number of nitrogens with zero attached hydrogens (tertiary/aromatic N) is 2. The van der Waals surface area contributed by atoms with Crippen LogP contribution in [-0.2, 0) is 19.6 Å². The van der Waals surface area contributed by atoms with Gasteiger partial charge in [-0.3, -0.25) is 14.5 Å². The Balaban J connectivity index is 2.21. The van der Waals surface area contributed by atoms with Crippen LogP contribution in [0.4, 0.5) is 5.69 Å². The molecule has 0 spiro atoms. The zero-order chi connectivity index (χ0) is 16.3. The van der Waals surface area contributed by atoms with E-state index in [0.717, 1.165) is 17.7 Å². The van der Waals surface area contributed by atoms with Crippen molar-refractivity contribution in [3.05, 3.63) is 24.3 Å². The van der Waals surface area contributed by atoms with Gasteiger partial charge in [0.1, 0.15) is 0 Å². The molecule has 0 aromatic heterocycles. The number of sulfonamides is 1. The van der Waals surface area contributed by atoms with Crippen LogP contribution in [-0.4, -0.2) is 38.1 Å². The maximum Gasteiger partial charge on any atom is 0.242 e. The van der Waals surface area contributed by atoms with Gasteiger partial charge >= 0.3 is 0 Å². The zero-order valence-electron chi connectivity index (χ0n) is 12.8. The van der Waals surface area contributed by atoms with Gasteiger partial charge in [-0.05, 0) is 30.7 Å². The predicted octanol–water partition coefficient (Wildman–Crippen LogP) is 1.76. The van der Waals surface area contributed by atoms with E-state index in [-0.39, 0.29) is 29.6 Å². The Labute approximate surface area is 130 Å². The highest BCUT2D eigenvalue weighted by atomic mass is 32.2. The minimum atomic E-state index is -3.53. The molecule has 1 aliphatic rings. The number of amides is 2. The Kier molecular flexibility index (Phi) is 4.97. The lowest BCUT2D eigenvalue weighted by molar-refractivity contribution is -0.121. The number of carbonyl (C=O) groups excluding carboxylic acids is 2. The van der Waals surface area contributed by atoms with Crippen LogP contribution in [0.2, 0.25) is 0 Å². The molecule has 22 heavy (non-hydrogen) atoms. The van der Waals surface area contributed by atoms with Crippen molar-refractivity contribution >= 4 is 27.5 Å². The van der Waals surface area contributed by atoms with Crippen molar-refractivity contribution in [2.75, 3.05) is 18.5 Å². The molecule has 0 radical (unpaired) electrons. The monoisotopic (exact) mass is 324 g/mol. The molecule has 1 saturated heterocycles. The third-order valence-corrected chi connectivity index (χ3v) is 5.55. The number of imide groups is 1. The Morgan fingerprint density at radius 1 is 1.09 bits per heavy atom. The molecule has 1 heterocycles. The molecule has 0 unspecified atom stereocenters. The fraction of sp³-hybridized carbons (Fsp3) is 0.467. The van der Waals surface area contributed by atoms with E-state index < -0.39 is 10.0 Å². The van der Waals surface area contributed by atoms with Crippen molar-refractivity contribution in [1.82, 2.24) is 4.31 Å². The van der Waals surface area contributed by atoms with E-state index in [2.05, 4.69) is 0 Å². The van der Waals surface area contributed by atoms with E-state index >= 15 is 0 Å². The number of unbranched alkanes of at least 4 members (excludes halogenated alkanes) is 1. The molecular weight excluding hydrogens is 304 g/mol. The average molecular weight is 324 g/mol. The summed E-state index contributed by atoms with van der Waals surface area (Å²) in [6.07, 6.45) is 2.12. The number of hydrogen-bond acceptors (Lipinski definition) is 4. The van der Waals surface area contributed by atoms with Crippen LogP contribution >= 0.6 is 0 Å². The lowest BCUT2D eigenvalue weighted by Gasteiger charge is -2.18. The largest absolute Gasteiger partial charge is 0.274 e. The van der Waals surface area contributed by atoms with Crippen LogP contribution < -0.4 is 4.90 Å². The van der Waals surface area contributed by atoms with E-state index in [0.29, 0.717) is 12.2 Å². The SMILES string of the molecule is CCCCN(C)S(=O)(=O)c1ccc(N2C(=O)CCC2=O)cc1. The molecule has 1 aliphatic heterocycles. The molecule has 7 heteroatoms. The Morgan fingerprint density at radius 3 is 2.14 bits per heavy atom. The molecule has 120 valence electrons. The molecule has 0 aliphatic carbocycles. The molecule has 2 rings (SSSR count). The number of hydrogen-bond donors (Lipinski definition) is 0. The van der Waals surface area contributed by atoms with Gasteiger partial charge in [-0.1, -0.05) is 13.3 Å². The Morgan fingerprint density at radius 2 is 1.64 bits per heavy atom. The molecular formula is C15H20N2O4S. The normalized spacial score (nSPS) is 15.9. The smallest absolute Gasteiger partial charge is 0.242 e. The second-order valence-electron chi connectivity index (χ2n) is 5.30. The van der Waals surface area contributed by atoms with Gasteiger partial charge in [-0.25, -0.2) is 12.7 Å². The number of anilines is 1. The summed E-state index contributed by atoms with van der Waals surface area (Å²) < 4.78 is 26.1. The molecule has 0 bridgehead atoms. The van der Waals surface area contributed by atoms with Gasteiger partial charge in [-0.2, -0.15) is 0 Å². The molecule has 6 nitrogen and oxygen atoms in total. The van der Waals surface area contributed by atoms with E-state index in [1.165, 1.54) is 28.6 Å². The maximum absolute atomic E-state index is 12.4. The average Bonchev–Trinajstić information content (AvgIpc) is 2.84. The minimum absolute atomic E-state index is 0.161. The molecule has 2 amide bonds. The van der Waals surface area contributed by atoms with Crippen LogP contribution in [0.25, 0.3) is 0 Å². The maximum atomic E-state index is 12.4. The lowest BCUT2D eigenvalue weighted by atomic mass is 10.3. The first-order valence-corrected chi connectivity index (χ1v) is 8.74. The number of benzene rings is 1. The minimum Gasteiger partial charge on any atom is -0.274 e. The van der Waals surface area contributed by atoms with Gasteiger partial charge in [0.25, 0.3) is 0 Å². The molecule has 1 fully saturated rings. The molecule has 0 N–H and O–H groups in total. The van der Waals surface area contributed by atoms with E-state index in [1.807, 2.05) is 6.92 Å². The molecule has 0 saturated carbocycles. The first-order chi connectivity index (χ1) is 10.4. The summed E-state index contributed by atoms with van der Waals surface area (Å²) in [6.45, 7) is 2.46. The first-order valence-electron chi connectivity index (χ1n) is 7.30. The third kappa shape index (κ3) is 3.20. The van der Waals surface area contributed by atoms with Crippen molar-refractivity contribution in [3.63, 3.8) is 0 Å². The van der Waals surface area contributed by atoms with Crippen molar-refractivity contribution in [2.45, 2.75) is 37.5 Å². The highest BCUT2D eigenvalue weighted by Gasteiger charge is 2.30. The van der Waals surface area contributed by atoms with E-state index in [9.17, 15) is 18.0 Å². The van der Waals surface area contributed by atoms with Gasteiger partial charge in [0.15, 0.2) is 0 Å². The second kappa shape index (κ2) is 6.58. The van der Waals surface area contributed by atoms with Gasteiger partial charge < -0.3 is 0 Å². The zero-order valence-corrected chi connectivity index (χ0v) is 13.6. The summed E-state index contributed by atoms with van der Waals surface area (Å²) >= 11 is 0. The van der Waals surface area contributed by atoms with E-state index in [4.69, 9.17) is 0 Å². The Bertz CT molecular complexity index is 651. The fourth-order valence-electron chi connectivity index (χ4n) is 2.31. The van der Waals surface area contributed by atoms with Crippen molar-refractivity contribution in [3.8, 4) is 0 Å². The lowest BCUT2D eigenvalue weighted by Crippen LogP contribution is -2.29. The van der Waals surface area contributed by atoms with Crippen molar-refractivity contribution < 1.29 is 18.0 Å². The van der Waals surface area contributed by atoms with Crippen LogP contribution in [0.15, 0.2) is 29.2 Å². The number of carbonyl (C=O) groups is 2. The first kappa shape index (κ1) is 16.6. The quantitative estimate of drug-likeness (QED) is 0.747. The predicted molar refractivity (Wildman–Crippen MR) is 82.9 cm³/mol. The van der Waals surface area contributed by atoms with Crippen molar-refractivity contribution in [2.24, 2.45) is 0 Å². The number of rotatable bonds is 6. The van der Waals surface area contributed by atoms with Gasteiger partial charge in [0.2, 0.25) is 21.8 Å². The molecule has 0 atom stereocenters. The van der Waals surface area contributed by atoms with Crippen LogP contribution in [0.1, 0.15) is 32.6 Å². The highest BCUT2D eigenvalue weighted by Crippen LogP contribution is 2.24. The molecule has 1 aromatic rings. The Hall–Kier alpha value is -1.73. The van der Waals surface area contributed by atoms with E-state index in [1.54, 1.807) is 7.05 Å². The van der Waals surface area contributed by atoms with Gasteiger partial charge in [-0.15, -0.1) is 0 Å². The summed E-state index contributed by atoms with van der Waals surface area (Å²) in [7, 11) is -1.99. The topological polar surface area (TPSA) is 74.8 Å². The van der Waals surface area contributed by atoms with Crippen LogP contribution in [0.3, 0.4) is 0 Å². The summed E-state index contributed by atoms with van der Waals surface area (Å²) in [5.41, 5.74) is 0.419. The third-order valence-electron chi connectivity index (χ3n) is 3.68. The second-order valence-corrected chi connectivity index (χ2v) is 7.34.